The molecule has 0 heterocycles. The normalized spacial score (nSPS) is 10.8. The molecule has 2 N–H and O–H groups in total. The predicted octanol–water partition coefficient (Wildman–Crippen LogP) is 4.65. The average Bonchev–Trinajstić information content (AvgIpc) is 2.79. The van der Waals surface area contributed by atoms with Crippen LogP contribution in [0.2, 0.25) is 0 Å². The SMILES string of the molecule is COC(=O)c1cccc(NC(=O)/C(=C/c2ccccc2)NC(=O)c2ccc(Br)cc2)c1. The molecule has 0 aliphatic rings. The van der Waals surface area contributed by atoms with Crippen molar-refractivity contribution in [3.8, 4) is 0 Å². The average molecular weight is 479 g/mol. The monoisotopic (exact) mass is 478 g/mol. The second-order valence-corrected chi connectivity index (χ2v) is 7.37. The minimum absolute atomic E-state index is 0.0580. The fourth-order valence-electron chi connectivity index (χ4n) is 2.71. The minimum Gasteiger partial charge on any atom is -0.465 e. The van der Waals surface area contributed by atoms with Gasteiger partial charge in [-0.3, -0.25) is 9.59 Å². The van der Waals surface area contributed by atoms with Gasteiger partial charge in [0.15, 0.2) is 0 Å². The Hall–Kier alpha value is -3.71. The number of halogens is 1. The Bertz CT molecular complexity index is 1130. The molecule has 0 aliphatic carbocycles. The van der Waals surface area contributed by atoms with Gasteiger partial charge in [0.1, 0.15) is 5.70 Å². The fraction of sp³-hybridized carbons (Fsp3) is 0.0417. The van der Waals surface area contributed by atoms with Gasteiger partial charge in [-0.05, 0) is 54.1 Å². The van der Waals surface area contributed by atoms with Gasteiger partial charge in [0.05, 0.1) is 12.7 Å². The van der Waals surface area contributed by atoms with Crippen molar-refractivity contribution in [2.45, 2.75) is 0 Å². The molecular weight excluding hydrogens is 460 g/mol. The van der Waals surface area contributed by atoms with E-state index in [0.717, 1.165) is 10.0 Å². The van der Waals surface area contributed by atoms with E-state index in [9.17, 15) is 14.4 Å². The molecule has 0 radical (unpaired) electrons. The number of hydrogen-bond donors (Lipinski definition) is 2. The van der Waals surface area contributed by atoms with Crippen molar-refractivity contribution >= 4 is 45.5 Å². The molecule has 3 aromatic rings. The molecular formula is C24H19BrN2O4. The largest absolute Gasteiger partial charge is 0.465 e. The van der Waals surface area contributed by atoms with Crippen LogP contribution < -0.4 is 10.6 Å². The number of ether oxygens (including phenoxy) is 1. The van der Waals surface area contributed by atoms with Gasteiger partial charge in [0, 0.05) is 15.7 Å². The van der Waals surface area contributed by atoms with Crippen molar-refractivity contribution in [1.29, 1.82) is 0 Å². The van der Waals surface area contributed by atoms with Crippen LogP contribution in [0.5, 0.6) is 0 Å². The van der Waals surface area contributed by atoms with Crippen molar-refractivity contribution in [2.24, 2.45) is 0 Å². The standard InChI is InChI=1S/C24H19BrN2O4/c1-31-24(30)18-8-5-9-20(15-18)26-23(29)21(14-16-6-3-2-4-7-16)27-22(28)17-10-12-19(25)13-11-17/h2-15H,1H3,(H,26,29)(H,27,28)/b21-14-. The molecule has 0 saturated heterocycles. The van der Waals surface area contributed by atoms with Crippen molar-refractivity contribution in [1.82, 2.24) is 5.32 Å². The van der Waals surface area contributed by atoms with Crippen LogP contribution in [0.1, 0.15) is 26.3 Å². The summed E-state index contributed by atoms with van der Waals surface area (Å²) < 4.78 is 5.55. The number of rotatable bonds is 6. The molecule has 31 heavy (non-hydrogen) atoms. The first-order chi connectivity index (χ1) is 15.0. The van der Waals surface area contributed by atoms with Crippen LogP contribution in [-0.4, -0.2) is 24.9 Å². The molecule has 3 rings (SSSR count). The molecule has 0 atom stereocenters. The van der Waals surface area contributed by atoms with Crippen LogP contribution in [0.4, 0.5) is 5.69 Å². The topological polar surface area (TPSA) is 84.5 Å². The molecule has 0 unspecified atom stereocenters. The molecule has 0 aromatic heterocycles. The maximum Gasteiger partial charge on any atom is 0.337 e. The Labute approximate surface area is 188 Å². The summed E-state index contributed by atoms with van der Waals surface area (Å²) in [6, 6.07) is 22.3. The van der Waals surface area contributed by atoms with E-state index in [1.807, 2.05) is 30.3 Å². The van der Waals surface area contributed by atoms with Crippen LogP contribution in [0, 0.1) is 0 Å². The predicted molar refractivity (Wildman–Crippen MR) is 122 cm³/mol. The fourth-order valence-corrected chi connectivity index (χ4v) is 2.97. The van der Waals surface area contributed by atoms with Crippen LogP contribution >= 0.6 is 15.9 Å². The second kappa shape index (κ2) is 10.4. The van der Waals surface area contributed by atoms with E-state index in [1.165, 1.54) is 13.2 Å². The summed E-state index contributed by atoms with van der Waals surface area (Å²) in [6.45, 7) is 0. The Morgan fingerprint density at radius 3 is 2.26 bits per heavy atom. The van der Waals surface area contributed by atoms with Gasteiger partial charge < -0.3 is 15.4 Å². The number of amides is 2. The zero-order chi connectivity index (χ0) is 22.2. The molecule has 156 valence electrons. The number of carbonyl (C=O) groups is 3. The summed E-state index contributed by atoms with van der Waals surface area (Å²) in [4.78, 5) is 37.4. The number of carbonyl (C=O) groups excluding carboxylic acids is 3. The Kier molecular flexibility index (Phi) is 7.35. The van der Waals surface area contributed by atoms with Gasteiger partial charge in [-0.15, -0.1) is 0 Å². The van der Waals surface area contributed by atoms with E-state index in [-0.39, 0.29) is 5.70 Å². The van der Waals surface area contributed by atoms with E-state index in [1.54, 1.807) is 48.5 Å². The number of hydrogen-bond acceptors (Lipinski definition) is 4. The number of anilines is 1. The number of nitrogens with one attached hydrogen (secondary N) is 2. The summed E-state index contributed by atoms with van der Waals surface area (Å²) in [6.07, 6.45) is 1.58. The van der Waals surface area contributed by atoms with E-state index in [4.69, 9.17) is 4.74 Å². The number of methoxy groups -OCH3 is 1. The van der Waals surface area contributed by atoms with Gasteiger partial charge in [-0.2, -0.15) is 0 Å². The van der Waals surface area contributed by atoms with Crippen molar-refractivity contribution in [3.05, 3.63) is 106 Å². The summed E-state index contributed by atoms with van der Waals surface area (Å²) in [5, 5.41) is 5.38. The first kappa shape index (κ1) is 22.0. The Morgan fingerprint density at radius 1 is 0.871 bits per heavy atom. The minimum atomic E-state index is -0.531. The maximum absolute atomic E-state index is 13.0. The highest BCUT2D eigenvalue weighted by molar-refractivity contribution is 9.10. The maximum atomic E-state index is 13.0. The lowest BCUT2D eigenvalue weighted by molar-refractivity contribution is -0.113. The molecule has 0 saturated carbocycles. The Balaban J connectivity index is 1.86. The molecule has 0 aliphatic heterocycles. The van der Waals surface area contributed by atoms with Gasteiger partial charge in [0.2, 0.25) is 0 Å². The Morgan fingerprint density at radius 2 is 1.58 bits per heavy atom. The van der Waals surface area contributed by atoms with Crippen LogP contribution in [0.15, 0.2) is 89.0 Å². The van der Waals surface area contributed by atoms with Crippen LogP contribution in [0.25, 0.3) is 6.08 Å². The summed E-state index contributed by atoms with van der Waals surface area (Å²) in [5.74, 6) is -1.47. The highest BCUT2D eigenvalue weighted by Gasteiger charge is 2.16. The number of esters is 1. The zero-order valence-corrected chi connectivity index (χ0v) is 18.2. The molecule has 7 heteroatoms. The summed E-state index contributed by atoms with van der Waals surface area (Å²) in [5.41, 5.74) is 1.90. The lowest BCUT2D eigenvalue weighted by Crippen LogP contribution is -2.30. The third-order valence-electron chi connectivity index (χ3n) is 4.25. The summed E-state index contributed by atoms with van der Waals surface area (Å²) in [7, 11) is 1.28. The molecule has 0 spiro atoms. The first-order valence-electron chi connectivity index (χ1n) is 9.29. The smallest absolute Gasteiger partial charge is 0.337 e. The quantitative estimate of drug-likeness (QED) is 0.399. The van der Waals surface area contributed by atoms with Gasteiger partial charge in [-0.1, -0.05) is 52.3 Å². The van der Waals surface area contributed by atoms with E-state index in [2.05, 4.69) is 26.6 Å². The van der Waals surface area contributed by atoms with E-state index < -0.39 is 17.8 Å². The molecule has 0 fully saturated rings. The highest BCUT2D eigenvalue weighted by atomic mass is 79.9. The van der Waals surface area contributed by atoms with Gasteiger partial charge in [0.25, 0.3) is 11.8 Å². The van der Waals surface area contributed by atoms with Gasteiger partial charge >= 0.3 is 5.97 Å². The van der Waals surface area contributed by atoms with E-state index >= 15 is 0 Å². The van der Waals surface area contributed by atoms with Crippen LogP contribution in [-0.2, 0) is 9.53 Å². The third-order valence-corrected chi connectivity index (χ3v) is 4.78. The van der Waals surface area contributed by atoms with Crippen LogP contribution in [0.3, 0.4) is 0 Å². The number of benzene rings is 3. The van der Waals surface area contributed by atoms with E-state index in [0.29, 0.717) is 16.8 Å². The lowest BCUT2D eigenvalue weighted by atomic mass is 10.1. The molecule has 6 nitrogen and oxygen atoms in total. The first-order valence-corrected chi connectivity index (χ1v) is 10.1. The third kappa shape index (κ3) is 6.13. The van der Waals surface area contributed by atoms with Crippen molar-refractivity contribution < 1.29 is 19.1 Å². The molecule has 2 amide bonds. The second-order valence-electron chi connectivity index (χ2n) is 6.46. The summed E-state index contributed by atoms with van der Waals surface area (Å²) >= 11 is 3.33. The van der Waals surface area contributed by atoms with Crippen molar-refractivity contribution in [2.75, 3.05) is 12.4 Å². The molecule has 0 bridgehead atoms. The lowest BCUT2D eigenvalue weighted by Gasteiger charge is -2.12. The zero-order valence-electron chi connectivity index (χ0n) is 16.6. The van der Waals surface area contributed by atoms with Gasteiger partial charge in [-0.25, -0.2) is 4.79 Å². The van der Waals surface area contributed by atoms with Crippen molar-refractivity contribution in [3.63, 3.8) is 0 Å². The molecule has 3 aromatic carbocycles. The highest BCUT2D eigenvalue weighted by Crippen LogP contribution is 2.15.